The monoisotopic (exact) mass is 471 g/mol. The van der Waals surface area contributed by atoms with Gasteiger partial charge in [-0.25, -0.2) is 17.6 Å². The highest BCUT2D eigenvalue weighted by molar-refractivity contribution is 7.89. The quantitative estimate of drug-likeness (QED) is 0.567. The molecule has 31 heavy (non-hydrogen) atoms. The van der Waals surface area contributed by atoms with E-state index in [9.17, 15) is 17.6 Å². The van der Waals surface area contributed by atoms with Gasteiger partial charge >= 0.3 is 5.97 Å². The molecular formula is C21H23ClFNO6S. The number of hydrogen-bond acceptors (Lipinski definition) is 6. The van der Waals surface area contributed by atoms with Gasteiger partial charge in [0.25, 0.3) is 0 Å². The van der Waals surface area contributed by atoms with Gasteiger partial charge in [0.1, 0.15) is 12.4 Å². The summed E-state index contributed by atoms with van der Waals surface area (Å²) < 4.78 is 57.2. The maximum absolute atomic E-state index is 14.3. The molecule has 0 fully saturated rings. The first-order valence-corrected chi connectivity index (χ1v) is 11.6. The average Bonchev–Trinajstić information content (AvgIpc) is 2.99. The van der Waals surface area contributed by atoms with E-state index < -0.39 is 27.4 Å². The number of carbonyl (C=O) groups is 1. The van der Waals surface area contributed by atoms with Crippen LogP contribution in [0.15, 0.2) is 35.2 Å². The lowest BCUT2D eigenvalue weighted by atomic mass is 10.2. The molecule has 2 aromatic carbocycles. The Labute approximate surface area is 185 Å². The summed E-state index contributed by atoms with van der Waals surface area (Å²) in [4.78, 5) is 12.3. The van der Waals surface area contributed by atoms with Crippen molar-refractivity contribution in [3.05, 3.63) is 52.3 Å². The highest BCUT2D eigenvalue weighted by Gasteiger charge is 2.25. The molecule has 0 radical (unpaired) electrons. The van der Waals surface area contributed by atoms with Gasteiger partial charge in [0.15, 0.2) is 11.5 Å². The number of ether oxygens (including phenoxy) is 3. The van der Waals surface area contributed by atoms with E-state index in [0.717, 1.165) is 18.2 Å². The molecule has 0 atom stereocenters. The largest absolute Gasteiger partial charge is 0.489 e. The van der Waals surface area contributed by atoms with Crippen LogP contribution in [0.25, 0.3) is 0 Å². The Balaban J connectivity index is 1.80. The van der Waals surface area contributed by atoms with E-state index in [2.05, 4.69) is 0 Å². The Hall–Kier alpha value is -2.36. The highest BCUT2D eigenvalue weighted by atomic mass is 35.5. The molecular weight excluding hydrogens is 449 g/mol. The van der Waals surface area contributed by atoms with E-state index in [1.807, 2.05) is 0 Å². The Kier molecular flexibility index (Phi) is 7.40. The topological polar surface area (TPSA) is 82.1 Å². The number of benzene rings is 2. The zero-order valence-corrected chi connectivity index (χ0v) is 18.8. The van der Waals surface area contributed by atoms with E-state index in [4.69, 9.17) is 25.8 Å². The summed E-state index contributed by atoms with van der Waals surface area (Å²) in [5.74, 6) is -0.998. The zero-order valence-electron chi connectivity index (χ0n) is 17.2. The summed E-state index contributed by atoms with van der Waals surface area (Å²) in [7, 11) is -3.85. The van der Waals surface area contributed by atoms with E-state index in [1.165, 1.54) is 4.31 Å². The number of fused-ring (bicyclic) bond motifs is 1. The van der Waals surface area contributed by atoms with Crippen LogP contribution >= 0.6 is 11.6 Å². The van der Waals surface area contributed by atoms with Gasteiger partial charge in [-0.1, -0.05) is 25.4 Å². The Morgan fingerprint density at radius 2 is 1.87 bits per heavy atom. The van der Waals surface area contributed by atoms with Crippen LogP contribution in [0.5, 0.6) is 11.5 Å². The molecule has 0 N–H and O–H groups in total. The van der Waals surface area contributed by atoms with Crippen LogP contribution in [0.2, 0.25) is 5.02 Å². The van der Waals surface area contributed by atoms with Crippen molar-refractivity contribution in [1.82, 2.24) is 4.31 Å². The zero-order chi connectivity index (χ0) is 22.6. The van der Waals surface area contributed by atoms with Crippen molar-refractivity contribution in [2.24, 2.45) is 0 Å². The summed E-state index contributed by atoms with van der Waals surface area (Å²) in [6, 6.07) is 6.27. The van der Waals surface area contributed by atoms with Crippen LogP contribution < -0.4 is 9.47 Å². The molecule has 0 amide bonds. The summed E-state index contributed by atoms with van der Waals surface area (Å²) >= 11 is 6.23. The van der Waals surface area contributed by atoms with Crippen LogP contribution in [0.1, 0.15) is 36.2 Å². The molecule has 0 spiro atoms. The molecule has 3 rings (SSSR count). The average molecular weight is 472 g/mol. The molecule has 168 valence electrons. The second kappa shape index (κ2) is 9.84. The lowest BCUT2D eigenvalue weighted by molar-refractivity contribution is 0.0466. The van der Waals surface area contributed by atoms with E-state index >= 15 is 0 Å². The van der Waals surface area contributed by atoms with Gasteiger partial charge < -0.3 is 14.2 Å². The van der Waals surface area contributed by atoms with Crippen molar-refractivity contribution in [3.8, 4) is 11.5 Å². The van der Waals surface area contributed by atoms with Crippen LogP contribution in [0, 0.1) is 5.82 Å². The van der Waals surface area contributed by atoms with Gasteiger partial charge in [0.2, 0.25) is 10.0 Å². The number of nitrogens with zero attached hydrogens (tertiary/aromatic N) is 1. The minimum atomic E-state index is -3.85. The van der Waals surface area contributed by atoms with Crippen LogP contribution in [0.4, 0.5) is 4.39 Å². The van der Waals surface area contributed by atoms with Gasteiger partial charge in [-0.3, -0.25) is 0 Å². The number of rotatable bonds is 7. The van der Waals surface area contributed by atoms with E-state index in [-0.39, 0.29) is 24.6 Å². The van der Waals surface area contributed by atoms with Gasteiger partial charge in [-0.2, -0.15) is 4.31 Å². The van der Waals surface area contributed by atoms with Crippen molar-refractivity contribution in [2.75, 3.05) is 26.3 Å². The Morgan fingerprint density at radius 3 is 2.58 bits per heavy atom. The summed E-state index contributed by atoms with van der Waals surface area (Å²) in [5, 5.41) is 0.309. The van der Waals surface area contributed by atoms with Crippen LogP contribution in [0.3, 0.4) is 0 Å². The first kappa shape index (κ1) is 23.3. The molecule has 0 bridgehead atoms. The lowest BCUT2D eigenvalue weighted by Crippen LogP contribution is -2.30. The maximum atomic E-state index is 14.3. The van der Waals surface area contributed by atoms with Crippen molar-refractivity contribution >= 4 is 27.6 Å². The van der Waals surface area contributed by atoms with Gasteiger partial charge in [0.05, 0.1) is 28.7 Å². The molecule has 1 aliphatic heterocycles. The molecule has 1 aliphatic rings. The number of carbonyl (C=O) groups excluding carboxylic acids is 1. The van der Waals surface area contributed by atoms with E-state index in [0.29, 0.717) is 41.7 Å². The first-order valence-electron chi connectivity index (χ1n) is 9.82. The molecule has 0 saturated carbocycles. The number of sulfonamides is 1. The molecule has 0 aromatic heterocycles. The maximum Gasteiger partial charge on any atom is 0.341 e. The fourth-order valence-electron chi connectivity index (χ4n) is 3.13. The molecule has 2 aromatic rings. The molecule has 1 heterocycles. The van der Waals surface area contributed by atoms with Gasteiger partial charge in [0, 0.05) is 19.5 Å². The SMILES string of the molecule is CCN(CC)S(=O)(=O)c1ccc(F)c(C(=O)OCc2cc(Cl)c3c(c2)OCCCO3)c1. The second-order valence-electron chi connectivity index (χ2n) is 6.76. The Morgan fingerprint density at radius 1 is 1.16 bits per heavy atom. The number of esters is 1. The third-order valence-electron chi connectivity index (χ3n) is 4.73. The molecule has 10 heteroatoms. The predicted molar refractivity (Wildman–Crippen MR) is 113 cm³/mol. The predicted octanol–water partition coefficient (Wildman–Crippen LogP) is 4.03. The minimum Gasteiger partial charge on any atom is -0.489 e. The number of hydrogen-bond donors (Lipinski definition) is 0. The standard InChI is InChI=1S/C21H23ClFNO6S/c1-3-24(4-2)31(26,27)15-6-7-18(23)16(12-15)21(25)30-13-14-10-17(22)20-19(11-14)28-8-5-9-29-20/h6-7,10-12H,3-5,8-9,13H2,1-2H3. The third kappa shape index (κ3) is 5.11. The van der Waals surface area contributed by atoms with Gasteiger partial charge in [-0.15, -0.1) is 0 Å². The lowest BCUT2D eigenvalue weighted by Gasteiger charge is -2.18. The van der Waals surface area contributed by atoms with Crippen LogP contribution in [-0.2, 0) is 21.4 Å². The second-order valence-corrected chi connectivity index (χ2v) is 9.11. The Bertz CT molecular complexity index is 1070. The number of halogens is 2. The molecule has 0 aliphatic carbocycles. The summed E-state index contributed by atoms with van der Waals surface area (Å²) in [6.45, 7) is 4.63. The van der Waals surface area contributed by atoms with Crippen LogP contribution in [-0.4, -0.2) is 45.0 Å². The highest BCUT2D eigenvalue weighted by Crippen LogP contribution is 2.38. The fraction of sp³-hybridized carbons (Fsp3) is 0.381. The van der Waals surface area contributed by atoms with Crippen molar-refractivity contribution in [1.29, 1.82) is 0 Å². The fourth-order valence-corrected chi connectivity index (χ4v) is 4.90. The smallest absolute Gasteiger partial charge is 0.341 e. The van der Waals surface area contributed by atoms with Crippen molar-refractivity contribution < 1.29 is 31.8 Å². The summed E-state index contributed by atoms with van der Waals surface area (Å²) in [5.41, 5.74) is 0.0589. The van der Waals surface area contributed by atoms with Gasteiger partial charge in [-0.05, 0) is 35.9 Å². The van der Waals surface area contributed by atoms with Crippen molar-refractivity contribution in [3.63, 3.8) is 0 Å². The first-order chi connectivity index (χ1) is 14.8. The molecule has 0 unspecified atom stereocenters. The minimum absolute atomic E-state index is 0.178. The molecule has 0 saturated heterocycles. The van der Waals surface area contributed by atoms with Crippen molar-refractivity contribution in [2.45, 2.75) is 31.8 Å². The summed E-state index contributed by atoms with van der Waals surface area (Å²) in [6.07, 6.45) is 0.710. The molecule has 7 nitrogen and oxygen atoms in total. The normalized spacial score (nSPS) is 13.7. The third-order valence-corrected chi connectivity index (χ3v) is 7.06. The van der Waals surface area contributed by atoms with E-state index in [1.54, 1.807) is 26.0 Å².